The number of benzene rings is 2. The molecular weight excluding hydrogens is 400 g/mol. The van der Waals surface area contributed by atoms with Gasteiger partial charge in [-0.1, -0.05) is 29.3 Å². The number of non-ortho nitro benzene ring substituents is 1. The minimum absolute atomic E-state index is 0.0637. The molecule has 0 bridgehead atoms. The van der Waals surface area contributed by atoms with Gasteiger partial charge in [-0.3, -0.25) is 14.9 Å². The van der Waals surface area contributed by atoms with Crippen LogP contribution < -0.4 is 10.1 Å². The quantitative estimate of drug-likeness (QED) is 0.561. The fourth-order valence-corrected chi connectivity index (χ4v) is 2.26. The molecule has 0 saturated heterocycles. The highest BCUT2D eigenvalue weighted by Gasteiger charge is 2.36. The van der Waals surface area contributed by atoms with E-state index < -0.39 is 40.6 Å². The third-order valence-corrected chi connectivity index (χ3v) is 3.88. The lowest BCUT2D eigenvalue weighted by Crippen LogP contribution is -2.21. The summed E-state index contributed by atoms with van der Waals surface area (Å²) in [6, 6.07) is 6.41. The SMILES string of the molecule is O=C(COc1ccc([N+](=O)[O-])cc1C(F)(F)F)Nc1cccc(Cl)c1Cl. The van der Waals surface area contributed by atoms with Crippen LogP contribution in [0.4, 0.5) is 24.5 Å². The molecule has 1 amide bonds. The van der Waals surface area contributed by atoms with Crippen molar-refractivity contribution in [3.05, 3.63) is 62.1 Å². The number of carbonyl (C=O) groups is 1. The van der Waals surface area contributed by atoms with E-state index in [-0.39, 0.29) is 15.7 Å². The Kier molecular flexibility index (Phi) is 5.94. The number of halogens is 5. The van der Waals surface area contributed by atoms with Crippen molar-refractivity contribution in [3.8, 4) is 5.75 Å². The van der Waals surface area contributed by atoms with Crippen LogP contribution in [0.5, 0.6) is 5.75 Å². The second-order valence-electron chi connectivity index (χ2n) is 4.87. The first-order valence-corrected chi connectivity index (χ1v) is 7.57. The molecule has 0 radical (unpaired) electrons. The highest BCUT2D eigenvalue weighted by atomic mass is 35.5. The first kappa shape index (κ1) is 19.8. The molecule has 0 spiro atoms. The summed E-state index contributed by atoms with van der Waals surface area (Å²) in [5.74, 6) is -1.50. The average molecular weight is 409 g/mol. The molecule has 0 saturated carbocycles. The zero-order chi connectivity index (χ0) is 19.5. The first-order valence-electron chi connectivity index (χ1n) is 6.82. The van der Waals surface area contributed by atoms with E-state index in [0.717, 1.165) is 12.1 Å². The number of anilines is 1. The number of nitrogens with one attached hydrogen (secondary N) is 1. The van der Waals surface area contributed by atoms with Gasteiger partial charge in [0.05, 0.1) is 20.7 Å². The lowest BCUT2D eigenvalue weighted by Gasteiger charge is -2.14. The first-order chi connectivity index (χ1) is 12.1. The molecule has 0 atom stereocenters. The number of hydrogen-bond acceptors (Lipinski definition) is 4. The molecular formula is C15H9Cl2F3N2O4. The Morgan fingerprint density at radius 3 is 2.54 bits per heavy atom. The van der Waals surface area contributed by atoms with E-state index in [4.69, 9.17) is 27.9 Å². The maximum Gasteiger partial charge on any atom is 0.420 e. The number of rotatable bonds is 5. The summed E-state index contributed by atoms with van der Waals surface area (Å²) in [6.07, 6.45) is -4.89. The van der Waals surface area contributed by atoms with Crippen molar-refractivity contribution < 1.29 is 27.6 Å². The third kappa shape index (κ3) is 4.77. The zero-order valence-corrected chi connectivity index (χ0v) is 14.2. The Bertz CT molecular complexity index is 859. The summed E-state index contributed by atoms with van der Waals surface area (Å²) in [6.45, 7) is -0.774. The Labute approximate surface area is 154 Å². The Balaban J connectivity index is 2.14. The van der Waals surface area contributed by atoms with Crippen molar-refractivity contribution in [2.24, 2.45) is 0 Å². The topological polar surface area (TPSA) is 81.5 Å². The van der Waals surface area contributed by atoms with Gasteiger partial charge in [0.1, 0.15) is 11.3 Å². The zero-order valence-electron chi connectivity index (χ0n) is 12.6. The summed E-state index contributed by atoms with van der Waals surface area (Å²) in [5.41, 5.74) is -1.95. The number of ether oxygens (including phenoxy) is 1. The van der Waals surface area contributed by atoms with Gasteiger partial charge in [0.2, 0.25) is 0 Å². The highest BCUT2D eigenvalue weighted by Crippen LogP contribution is 2.38. The summed E-state index contributed by atoms with van der Waals surface area (Å²) in [4.78, 5) is 21.5. The third-order valence-electron chi connectivity index (χ3n) is 3.06. The molecule has 0 heterocycles. The van der Waals surface area contributed by atoms with Gasteiger partial charge in [0.15, 0.2) is 6.61 Å². The predicted octanol–water partition coefficient (Wildman–Crippen LogP) is 4.94. The standard InChI is InChI=1S/C15H9Cl2F3N2O4/c16-10-2-1-3-11(14(10)17)21-13(23)7-26-12-5-4-8(22(24)25)6-9(12)15(18,19)20/h1-6H,7H2,(H,21,23). The largest absolute Gasteiger partial charge is 0.483 e. The van der Waals surface area contributed by atoms with Crippen LogP contribution in [-0.2, 0) is 11.0 Å². The van der Waals surface area contributed by atoms with Crippen molar-refractivity contribution in [1.82, 2.24) is 0 Å². The summed E-state index contributed by atoms with van der Waals surface area (Å²) in [5, 5.41) is 13.2. The van der Waals surface area contributed by atoms with Gasteiger partial charge in [-0.05, 0) is 18.2 Å². The van der Waals surface area contributed by atoms with Gasteiger partial charge >= 0.3 is 6.18 Å². The van der Waals surface area contributed by atoms with Gasteiger partial charge in [-0.25, -0.2) is 0 Å². The summed E-state index contributed by atoms with van der Waals surface area (Å²) < 4.78 is 43.9. The highest BCUT2D eigenvalue weighted by molar-refractivity contribution is 6.43. The van der Waals surface area contributed by atoms with Crippen LogP contribution in [0.1, 0.15) is 5.56 Å². The molecule has 0 aromatic heterocycles. The fourth-order valence-electron chi connectivity index (χ4n) is 1.91. The predicted molar refractivity (Wildman–Crippen MR) is 88.7 cm³/mol. The number of carbonyl (C=O) groups excluding carboxylic acids is 1. The van der Waals surface area contributed by atoms with E-state index in [0.29, 0.717) is 6.07 Å². The maximum atomic E-state index is 13.0. The number of hydrogen-bond donors (Lipinski definition) is 1. The van der Waals surface area contributed by atoms with Crippen LogP contribution in [0, 0.1) is 10.1 Å². The van der Waals surface area contributed by atoms with Crippen LogP contribution in [-0.4, -0.2) is 17.4 Å². The number of amides is 1. The normalized spacial score (nSPS) is 11.1. The van der Waals surface area contributed by atoms with Crippen LogP contribution in [0.2, 0.25) is 10.0 Å². The number of nitrogens with zero attached hydrogens (tertiary/aromatic N) is 1. The monoisotopic (exact) mass is 408 g/mol. The molecule has 0 aliphatic heterocycles. The smallest absolute Gasteiger partial charge is 0.420 e. The van der Waals surface area contributed by atoms with Crippen molar-refractivity contribution in [2.45, 2.75) is 6.18 Å². The molecule has 0 aliphatic rings. The molecule has 2 aromatic carbocycles. The molecule has 1 N–H and O–H groups in total. The van der Waals surface area contributed by atoms with Gasteiger partial charge in [-0.2, -0.15) is 13.2 Å². The Morgan fingerprint density at radius 1 is 1.23 bits per heavy atom. The molecule has 26 heavy (non-hydrogen) atoms. The van der Waals surface area contributed by atoms with Crippen LogP contribution >= 0.6 is 23.2 Å². The number of nitro benzene ring substituents is 1. The minimum atomic E-state index is -4.89. The van der Waals surface area contributed by atoms with E-state index in [1.54, 1.807) is 0 Å². The lowest BCUT2D eigenvalue weighted by atomic mass is 10.1. The molecule has 2 rings (SSSR count). The molecule has 0 aliphatic carbocycles. The van der Waals surface area contributed by atoms with E-state index >= 15 is 0 Å². The maximum absolute atomic E-state index is 13.0. The van der Waals surface area contributed by atoms with Crippen LogP contribution in [0.15, 0.2) is 36.4 Å². The second-order valence-corrected chi connectivity index (χ2v) is 5.66. The average Bonchev–Trinajstić information content (AvgIpc) is 2.56. The number of nitro groups is 1. The van der Waals surface area contributed by atoms with Gasteiger partial charge in [-0.15, -0.1) is 0 Å². The van der Waals surface area contributed by atoms with E-state index in [2.05, 4.69) is 5.32 Å². The lowest BCUT2D eigenvalue weighted by molar-refractivity contribution is -0.385. The number of alkyl halides is 3. The van der Waals surface area contributed by atoms with Crippen LogP contribution in [0.3, 0.4) is 0 Å². The molecule has 138 valence electrons. The molecule has 0 unspecified atom stereocenters. The van der Waals surface area contributed by atoms with Gasteiger partial charge < -0.3 is 10.1 Å². The Morgan fingerprint density at radius 2 is 1.92 bits per heavy atom. The molecule has 2 aromatic rings. The Hall–Kier alpha value is -2.52. The molecule has 0 fully saturated rings. The van der Waals surface area contributed by atoms with Crippen molar-refractivity contribution in [3.63, 3.8) is 0 Å². The summed E-state index contributed by atoms with van der Waals surface area (Å²) >= 11 is 11.7. The van der Waals surface area contributed by atoms with Crippen molar-refractivity contribution in [1.29, 1.82) is 0 Å². The van der Waals surface area contributed by atoms with Crippen LogP contribution in [0.25, 0.3) is 0 Å². The summed E-state index contributed by atoms with van der Waals surface area (Å²) in [7, 11) is 0. The molecule has 6 nitrogen and oxygen atoms in total. The van der Waals surface area contributed by atoms with Crippen molar-refractivity contribution >= 4 is 40.5 Å². The van der Waals surface area contributed by atoms with Gasteiger partial charge in [0, 0.05) is 12.1 Å². The van der Waals surface area contributed by atoms with E-state index in [1.807, 2.05) is 0 Å². The minimum Gasteiger partial charge on any atom is -0.483 e. The van der Waals surface area contributed by atoms with E-state index in [9.17, 15) is 28.1 Å². The molecule has 11 heteroatoms. The fraction of sp³-hybridized carbons (Fsp3) is 0.133. The second kappa shape index (κ2) is 7.79. The van der Waals surface area contributed by atoms with E-state index in [1.165, 1.54) is 18.2 Å². The van der Waals surface area contributed by atoms with Crippen molar-refractivity contribution in [2.75, 3.05) is 11.9 Å². The van der Waals surface area contributed by atoms with Gasteiger partial charge in [0.25, 0.3) is 11.6 Å².